The topological polar surface area (TPSA) is 237 Å². The average molecular weight is 625 g/mol. The van der Waals surface area contributed by atoms with Crippen LogP contribution in [0.25, 0.3) is 28.4 Å². The second-order valence-corrected chi connectivity index (χ2v) is 10.1. The van der Waals surface area contributed by atoms with E-state index >= 15 is 0 Å². The molecule has 1 unspecified atom stereocenters. The molecule has 0 amide bonds. The number of esters is 1. The van der Waals surface area contributed by atoms with Gasteiger partial charge in [0.2, 0.25) is 0 Å². The fourth-order valence-electron chi connectivity index (χ4n) is 4.93. The molecule has 0 saturated carbocycles. The number of aliphatic hydroxyl groups is 4. The number of fused-ring (bicyclic) bond motifs is 1. The third-order valence-corrected chi connectivity index (χ3v) is 7.24. The zero-order valence-electron chi connectivity index (χ0n) is 23.4. The molecule has 0 bridgehead atoms. The van der Waals surface area contributed by atoms with Crippen LogP contribution >= 0.6 is 0 Å². The summed E-state index contributed by atoms with van der Waals surface area (Å²) in [6, 6.07) is 9.72. The molecule has 45 heavy (non-hydrogen) atoms. The maximum atomic E-state index is 13.3. The molecule has 0 spiro atoms. The number of aromatic hydroxyl groups is 4. The Bertz CT molecular complexity index is 1840. The number of phenolic OH excluding ortho intramolecular Hbond substituents is 4. The fraction of sp³-hybridized carbons (Fsp3) is 0.226. The van der Waals surface area contributed by atoms with E-state index in [1.54, 1.807) is 0 Å². The predicted molar refractivity (Wildman–Crippen MR) is 155 cm³/mol. The van der Waals surface area contributed by atoms with Gasteiger partial charge in [-0.1, -0.05) is 6.07 Å². The first kappa shape index (κ1) is 31.3. The molecular weight excluding hydrogens is 596 g/mol. The second-order valence-electron chi connectivity index (χ2n) is 10.1. The van der Waals surface area contributed by atoms with Gasteiger partial charge in [-0.15, -0.1) is 0 Å². The van der Waals surface area contributed by atoms with E-state index in [0.717, 1.165) is 30.3 Å². The van der Waals surface area contributed by atoms with Crippen LogP contribution < -0.4 is 14.9 Å². The zero-order valence-corrected chi connectivity index (χ0v) is 23.4. The molecule has 4 aromatic rings. The number of rotatable bonds is 7. The van der Waals surface area contributed by atoms with Gasteiger partial charge >= 0.3 is 5.97 Å². The maximum absolute atomic E-state index is 13.3. The standard InChI is InChI=1S/C31H28O14/c1-42-21-8-13(2-5-16(21)34)3-7-24(38)43-22-11-19(37)25-18(36)10-20(14-4-6-15(33)17(35)9-14)44-30(25)26(22)31-29(41)28(40)27(39)23(12-32)45-31/h2-11,23,27-29,31-35,37,39-41H,12H2,1H3/b7-3+/t23-,27-,28+,29-,31?/m1/s1. The number of methoxy groups -OCH3 is 1. The van der Waals surface area contributed by atoms with E-state index < -0.39 is 82.5 Å². The minimum absolute atomic E-state index is 0.109. The number of hydrogen-bond acceptors (Lipinski definition) is 14. The van der Waals surface area contributed by atoms with Crippen molar-refractivity contribution in [2.24, 2.45) is 0 Å². The lowest BCUT2D eigenvalue weighted by Crippen LogP contribution is -2.55. The SMILES string of the molecule is COc1cc(/C=C/C(=O)Oc2cc(O)c3c(=O)cc(-c4ccc(O)c(O)c4)oc3c2C2O[C@H](CO)[C@@H](O)[C@H](O)[C@H]2O)ccc1O. The lowest BCUT2D eigenvalue weighted by molar-refractivity contribution is -0.231. The normalized spacial score (nSPS) is 21.7. The number of carbonyl (C=O) groups is 1. The van der Waals surface area contributed by atoms with Gasteiger partial charge in [0.05, 0.1) is 19.3 Å². The van der Waals surface area contributed by atoms with Crippen molar-refractivity contribution >= 4 is 23.0 Å². The van der Waals surface area contributed by atoms with Gasteiger partial charge < -0.3 is 59.5 Å². The van der Waals surface area contributed by atoms with Gasteiger partial charge in [0.1, 0.15) is 53.2 Å². The van der Waals surface area contributed by atoms with E-state index in [4.69, 9.17) is 18.6 Å². The molecule has 0 radical (unpaired) electrons. The summed E-state index contributed by atoms with van der Waals surface area (Å²) in [4.78, 5) is 26.2. The highest BCUT2D eigenvalue weighted by Gasteiger charge is 2.46. The summed E-state index contributed by atoms with van der Waals surface area (Å²) in [6.45, 7) is -0.798. The highest BCUT2D eigenvalue weighted by molar-refractivity contribution is 5.93. The third kappa shape index (κ3) is 6.00. The highest BCUT2D eigenvalue weighted by Crippen LogP contribution is 2.44. The molecule has 0 aliphatic carbocycles. The van der Waals surface area contributed by atoms with Crippen molar-refractivity contribution < 1.29 is 64.3 Å². The molecule has 2 heterocycles. The van der Waals surface area contributed by atoms with Gasteiger partial charge in [0.25, 0.3) is 0 Å². The Balaban J connectivity index is 1.67. The molecule has 1 fully saturated rings. The highest BCUT2D eigenvalue weighted by atomic mass is 16.6. The zero-order chi connectivity index (χ0) is 32.6. The summed E-state index contributed by atoms with van der Waals surface area (Å²) in [5, 5.41) is 81.5. The number of aliphatic hydroxyl groups excluding tert-OH is 4. The van der Waals surface area contributed by atoms with E-state index in [1.165, 1.54) is 37.5 Å². The molecule has 1 aromatic heterocycles. The number of benzene rings is 3. The number of hydrogen-bond donors (Lipinski definition) is 8. The van der Waals surface area contributed by atoms with Crippen LogP contribution in [0.4, 0.5) is 0 Å². The quantitative estimate of drug-likeness (QED) is 0.0629. The van der Waals surface area contributed by atoms with Crippen molar-refractivity contribution in [3.05, 3.63) is 76.0 Å². The first-order valence-electron chi connectivity index (χ1n) is 13.4. The molecule has 5 rings (SSSR count). The number of phenols is 4. The Labute approximate surface area is 253 Å². The van der Waals surface area contributed by atoms with E-state index in [9.17, 15) is 50.4 Å². The average Bonchev–Trinajstić information content (AvgIpc) is 3.01. The number of carbonyl (C=O) groups excluding carboxylic acids is 1. The van der Waals surface area contributed by atoms with E-state index in [-0.39, 0.29) is 28.4 Å². The third-order valence-electron chi connectivity index (χ3n) is 7.24. The van der Waals surface area contributed by atoms with Crippen LogP contribution in [0.5, 0.6) is 34.5 Å². The van der Waals surface area contributed by atoms with E-state index in [2.05, 4.69) is 0 Å². The predicted octanol–water partition coefficient (Wildman–Crippen LogP) is 1.42. The second kappa shape index (κ2) is 12.5. The van der Waals surface area contributed by atoms with Crippen LogP contribution in [0, 0.1) is 0 Å². The van der Waals surface area contributed by atoms with Gasteiger partial charge in [0.15, 0.2) is 34.0 Å². The molecule has 14 heteroatoms. The smallest absolute Gasteiger partial charge is 0.336 e. The Kier molecular flexibility index (Phi) is 8.68. The summed E-state index contributed by atoms with van der Waals surface area (Å²) in [5.74, 6) is -3.34. The molecule has 236 valence electrons. The van der Waals surface area contributed by atoms with E-state index in [0.29, 0.717) is 5.56 Å². The molecule has 1 aliphatic rings. The van der Waals surface area contributed by atoms with Crippen LogP contribution in [0.3, 0.4) is 0 Å². The van der Waals surface area contributed by atoms with Crippen LogP contribution in [0.15, 0.2) is 63.8 Å². The van der Waals surface area contributed by atoms with Crippen molar-refractivity contribution in [2.45, 2.75) is 30.5 Å². The Morgan fingerprint density at radius 2 is 1.60 bits per heavy atom. The summed E-state index contributed by atoms with van der Waals surface area (Å²) in [5.41, 5.74) is -1.05. The largest absolute Gasteiger partial charge is 0.507 e. The van der Waals surface area contributed by atoms with Gasteiger partial charge in [0, 0.05) is 23.8 Å². The Morgan fingerprint density at radius 1 is 0.867 bits per heavy atom. The van der Waals surface area contributed by atoms with Crippen molar-refractivity contribution in [3.63, 3.8) is 0 Å². The minimum Gasteiger partial charge on any atom is -0.507 e. The van der Waals surface area contributed by atoms with Crippen LogP contribution in [-0.4, -0.2) is 85.0 Å². The lowest BCUT2D eigenvalue weighted by Gasteiger charge is -2.40. The van der Waals surface area contributed by atoms with Crippen molar-refractivity contribution in [2.75, 3.05) is 13.7 Å². The molecule has 1 aliphatic heterocycles. The Morgan fingerprint density at radius 3 is 2.29 bits per heavy atom. The molecular formula is C31H28O14. The molecule has 1 saturated heterocycles. The molecule has 8 N–H and O–H groups in total. The van der Waals surface area contributed by atoms with Crippen LogP contribution in [0.2, 0.25) is 0 Å². The van der Waals surface area contributed by atoms with Crippen molar-refractivity contribution in [1.29, 1.82) is 0 Å². The fourth-order valence-corrected chi connectivity index (χ4v) is 4.93. The maximum Gasteiger partial charge on any atom is 0.336 e. The first-order chi connectivity index (χ1) is 21.4. The Hall–Kier alpha value is -5.12. The summed E-state index contributed by atoms with van der Waals surface area (Å²) >= 11 is 0. The number of ether oxygens (including phenoxy) is 3. The summed E-state index contributed by atoms with van der Waals surface area (Å²) in [7, 11) is 1.34. The van der Waals surface area contributed by atoms with Gasteiger partial charge in [-0.3, -0.25) is 4.79 Å². The van der Waals surface area contributed by atoms with Gasteiger partial charge in [-0.05, 0) is 42.0 Å². The monoisotopic (exact) mass is 624 g/mol. The van der Waals surface area contributed by atoms with Crippen molar-refractivity contribution in [1.82, 2.24) is 0 Å². The minimum atomic E-state index is -1.92. The van der Waals surface area contributed by atoms with Gasteiger partial charge in [-0.25, -0.2) is 4.79 Å². The summed E-state index contributed by atoms with van der Waals surface area (Å²) < 4.78 is 22.2. The van der Waals surface area contributed by atoms with Gasteiger partial charge in [-0.2, -0.15) is 0 Å². The first-order valence-corrected chi connectivity index (χ1v) is 13.4. The summed E-state index contributed by atoms with van der Waals surface area (Å²) in [6.07, 6.45) is -6.31. The van der Waals surface area contributed by atoms with Crippen LogP contribution in [0.1, 0.15) is 17.2 Å². The van der Waals surface area contributed by atoms with Crippen molar-refractivity contribution in [3.8, 4) is 45.8 Å². The van der Waals surface area contributed by atoms with E-state index in [1.807, 2.05) is 0 Å². The lowest BCUT2D eigenvalue weighted by atomic mass is 9.89. The van der Waals surface area contributed by atoms with Crippen LogP contribution in [-0.2, 0) is 9.53 Å². The molecule has 5 atom stereocenters. The molecule has 3 aromatic carbocycles. The molecule has 14 nitrogen and oxygen atoms in total.